The molecule has 1 heterocycles. The summed E-state index contributed by atoms with van der Waals surface area (Å²) in [6.45, 7) is 0.0735. The predicted molar refractivity (Wildman–Crippen MR) is 116 cm³/mol. The number of pyridine rings is 1. The smallest absolute Gasteiger partial charge is 0.342 e. The summed E-state index contributed by atoms with van der Waals surface area (Å²) in [5.41, 5.74) is 3.83. The molecule has 0 aliphatic rings. The van der Waals surface area contributed by atoms with Gasteiger partial charge in [0.1, 0.15) is 23.6 Å². The number of methoxy groups -OCH3 is 1. The number of carbonyl (C=O) groups is 2. The summed E-state index contributed by atoms with van der Waals surface area (Å²) in [7, 11) is 1.38. The van der Waals surface area contributed by atoms with Crippen LogP contribution in [-0.4, -0.2) is 34.2 Å². The largest absolute Gasteiger partial charge is 0.493 e. The number of hydrogen-bond donors (Lipinski definition) is 4. The highest BCUT2D eigenvalue weighted by atomic mass is 79.9. The fourth-order valence-electron chi connectivity index (χ4n) is 3.07. The molecule has 0 saturated carbocycles. The molecule has 10 heteroatoms. The van der Waals surface area contributed by atoms with Crippen molar-refractivity contribution in [1.29, 1.82) is 0 Å². The number of rotatable bonds is 7. The van der Waals surface area contributed by atoms with Crippen molar-refractivity contribution in [2.75, 3.05) is 12.8 Å². The average Bonchev–Trinajstić information content (AvgIpc) is 2.71. The first-order valence-electron chi connectivity index (χ1n) is 8.81. The van der Waals surface area contributed by atoms with Crippen LogP contribution >= 0.6 is 15.9 Å². The normalized spacial score (nSPS) is 10.5. The number of carboxylic acids is 2. The number of benzene rings is 2. The third-order valence-electron chi connectivity index (χ3n) is 4.44. The first kappa shape index (κ1) is 21.9. The molecule has 0 atom stereocenters. The van der Waals surface area contributed by atoms with Gasteiger partial charge in [0.25, 0.3) is 5.56 Å². The van der Waals surface area contributed by atoms with Gasteiger partial charge < -0.3 is 30.4 Å². The van der Waals surface area contributed by atoms with E-state index in [1.807, 2.05) is 24.3 Å². The molecule has 0 unspecified atom stereocenters. The van der Waals surface area contributed by atoms with E-state index in [-0.39, 0.29) is 29.2 Å². The first-order chi connectivity index (χ1) is 14.7. The topological polar surface area (TPSA) is 152 Å². The molecule has 0 fully saturated rings. The summed E-state index contributed by atoms with van der Waals surface area (Å²) in [5, 5.41) is 19.3. The summed E-state index contributed by atoms with van der Waals surface area (Å²) in [5.74, 6) is -3.29. The van der Waals surface area contributed by atoms with E-state index in [1.165, 1.54) is 19.2 Å². The number of aromatic amines is 1. The standard InChI is InChI=1S/C21H17BrN2O7/c1-30-13-4-2-3-12(17(13)31-9-10-5-7-11(22)8-6-10)14-15(20(26)27)18(23)24-19(25)16(14)21(28)29/h2-8H,9H2,1H3,(H,26,27)(H,28,29)(H3,23,24,25). The summed E-state index contributed by atoms with van der Waals surface area (Å²) >= 11 is 3.35. The third kappa shape index (κ3) is 4.38. The van der Waals surface area contributed by atoms with Crippen molar-refractivity contribution < 1.29 is 29.3 Å². The molecule has 0 saturated heterocycles. The Bertz CT molecular complexity index is 1220. The summed E-state index contributed by atoms with van der Waals surface area (Å²) < 4.78 is 12.1. The molecule has 2 aromatic carbocycles. The molecule has 3 aromatic rings. The lowest BCUT2D eigenvalue weighted by atomic mass is 9.94. The lowest BCUT2D eigenvalue weighted by molar-refractivity contribution is 0.0695. The quantitative estimate of drug-likeness (QED) is 0.394. The molecule has 3 rings (SSSR count). The number of anilines is 1. The average molecular weight is 489 g/mol. The van der Waals surface area contributed by atoms with E-state index < -0.39 is 34.4 Å². The lowest BCUT2D eigenvalue weighted by Gasteiger charge is -2.18. The van der Waals surface area contributed by atoms with Crippen LogP contribution in [-0.2, 0) is 6.61 Å². The Morgan fingerprint density at radius 2 is 1.71 bits per heavy atom. The predicted octanol–water partition coefficient (Wildman–Crippen LogP) is 3.37. The van der Waals surface area contributed by atoms with Crippen LogP contribution < -0.4 is 20.8 Å². The van der Waals surface area contributed by atoms with Crippen LogP contribution in [0.4, 0.5) is 5.82 Å². The van der Waals surface area contributed by atoms with E-state index in [9.17, 15) is 24.6 Å². The van der Waals surface area contributed by atoms with Crippen LogP contribution in [0.5, 0.6) is 11.5 Å². The number of aromatic carboxylic acids is 2. The van der Waals surface area contributed by atoms with Crippen molar-refractivity contribution in [2.24, 2.45) is 0 Å². The number of H-pyrrole nitrogens is 1. The zero-order chi connectivity index (χ0) is 22.7. The Hall–Kier alpha value is -3.79. The van der Waals surface area contributed by atoms with Crippen LogP contribution in [0.15, 0.2) is 51.7 Å². The van der Waals surface area contributed by atoms with Crippen LogP contribution in [0.2, 0.25) is 0 Å². The van der Waals surface area contributed by atoms with Gasteiger partial charge in [0.15, 0.2) is 11.5 Å². The molecule has 0 bridgehead atoms. The molecule has 0 spiro atoms. The van der Waals surface area contributed by atoms with Crippen molar-refractivity contribution in [3.05, 3.63) is 74.0 Å². The number of halogens is 1. The van der Waals surface area contributed by atoms with Crippen molar-refractivity contribution in [3.63, 3.8) is 0 Å². The maximum absolute atomic E-state index is 12.3. The zero-order valence-corrected chi connectivity index (χ0v) is 17.7. The van der Waals surface area contributed by atoms with Crippen molar-refractivity contribution >= 4 is 33.7 Å². The minimum atomic E-state index is -1.61. The molecule has 5 N–H and O–H groups in total. The van der Waals surface area contributed by atoms with Crippen molar-refractivity contribution in [2.45, 2.75) is 6.61 Å². The number of carboxylic acid groups (broad SMARTS) is 2. The number of hydrogen-bond acceptors (Lipinski definition) is 6. The third-order valence-corrected chi connectivity index (χ3v) is 4.97. The SMILES string of the molecule is COc1cccc(-c2c(C(=O)O)c(N)[nH]c(=O)c2C(=O)O)c1OCc1ccc(Br)cc1. The minimum absolute atomic E-state index is 0.0454. The molecule has 1 aromatic heterocycles. The number of ether oxygens (including phenoxy) is 2. The second kappa shape index (κ2) is 8.92. The maximum atomic E-state index is 12.3. The summed E-state index contributed by atoms with van der Waals surface area (Å²) in [6.07, 6.45) is 0. The monoisotopic (exact) mass is 488 g/mol. The second-order valence-corrected chi connectivity index (χ2v) is 7.27. The van der Waals surface area contributed by atoms with E-state index in [0.717, 1.165) is 10.0 Å². The van der Waals surface area contributed by atoms with Gasteiger partial charge in [-0.15, -0.1) is 0 Å². The number of aromatic nitrogens is 1. The Morgan fingerprint density at radius 1 is 1.06 bits per heavy atom. The molecule has 0 radical (unpaired) electrons. The second-order valence-electron chi connectivity index (χ2n) is 6.36. The summed E-state index contributed by atoms with van der Waals surface area (Å²) in [4.78, 5) is 38.2. The van der Waals surface area contributed by atoms with E-state index in [2.05, 4.69) is 20.9 Å². The van der Waals surface area contributed by atoms with Gasteiger partial charge in [0.2, 0.25) is 0 Å². The highest BCUT2D eigenvalue weighted by Crippen LogP contribution is 2.41. The van der Waals surface area contributed by atoms with E-state index in [4.69, 9.17) is 15.2 Å². The van der Waals surface area contributed by atoms with E-state index >= 15 is 0 Å². The molecule has 31 heavy (non-hydrogen) atoms. The van der Waals surface area contributed by atoms with Crippen LogP contribution in [0.3, 0.4) is 0 Å². The molecular formula is C21H17BrN2O7. The first-order valence-corrected chi connectivity index (χ1v) is 9.60. The molecule has 0 aliphatic heterocycles. The lowest BCUT2D eigenvalue weighted by Crippen LogP contribution is -2.24. The van der Waals surface area contributed by atoms with Crippen molar-refractivity contribution in [1.82, 2.24) is 4.98 Å². The fraction of sp³-hybridized carbons (Fsp3) is 0.0952. The molecular weight excluding hydrogens is 472 g/mol. The molecule has 9 nitrogen and oxygen atoms in total. The maximum Gasteiger partial charge on any atom is 0.342 e. The number of nitrogens with one attached hydrogen (secondary N) is 1. The van der Waals surface area contributed by atoms with Crippen LogP contribution in [0, 0.1) is 0 Å². The highest BCUT2D eigenvalue weighted by molar-refractivity contribution is 9.10. The van der Waals surface area contributed by atoms with Gasteiger partial charge in [-0.25, -0.2) is 9.59 Å². The summed E-state index contributed by atoms with van der Waals surface area (Å²) in [6, 6.07) is 11.8. The Kier molecular flexibility index (Phi) is 6.30. The minimum Gasteiger partial charge on any atom is -0.493 e. The van der Waals surface area contributed by atoms with Gasteiger partial charge in [-0.05, 0) is 23.8 Å². The zero-order valence-electron chi connectivity index (χ0n) is 16.1. The number of para-hydroxylation sites is 1. The molecule has 0 aliphatic carbocycles. The Morgan fingerprint density at radius 3 is 2.29 bits per heavy atom. The Labute approximate surface area is 184 Å². The Balaban J connectivity index is 2.26. The van der Waals surface area contributed by atoms with Crippen LogP contribution in [0.25, 0.3) is 11.1 Å². The van der Waals surface area contributed by atoms with Gasteiger partial charge >= 0.3 is 11.9 Å². The van der Waals surface area contributed by atoms with Gasteiger partial charge in [0, 0.05) is 15.6 Å². The van der Waals surface area contributed by atoms with Gasteiger partial charge in [0.05, 0.1) is 7.11 Å². The van der Waals surface area contributed by atoms with E-state index in [0.29, 0.717) is 0 Å². The highest BCUT2D eigenvalue weighted by Gasteiger charge is 2.29. The van der Waals surface area contributed by atoms with E-state index in [1.54, 1.807) is 6.07 Å². The number of nitrogen functional groups attached to an aromatic ring is 1. The van der Waals surface area contributed by atoms with Gasteiger partial charge in [-0.2, -0.15) is 0 Å². The van der Waals surface area contributed by atoms with Crippen LogP contribution in [0.1, 0.15) is 26.3 Å². The van der Waals surface area contributed by atoms with Gasteiger partial charge in [-0.1, -0.05) is 40.2 Å². The fourth-order valence-corrected chi connectivity index (χ4v) is 3.34. The molecule has 160 valence electrons. The number of nitrogens with two attached hydrogens (primary N) is 1. The van der Waals surface area contributed by atoms with Gasteiger partial charge in [-0.3, -0.25) is 4.79 Å². The molecule has 0 amide bonds. The van der Waals surface area contributed by atoms with Crippen molar-refractivity contribution in [3.8, 4) is 22.6 Å².